The van der Waals surface area contributed by atoms with Gasteiger partial charge in [-0.25, -0.2) is 0 Å². The van der Waals surface area contributed by atoms with Crippen molar-refractivity contribution < 1.29 is 0 Å². The Labute approximate surface area is 114 Å². The van der Waals surface area contributed by atoms with Gasteiger partial charge in [0.25, 0.3) is 0 Å². The molecule has 2 rings (SSSR count). The molecule has 2 aromatic rings. The number of rotatable bonds is 4. The van der Waals surface area contributed by atoms with E-state index in [-0.39, 0.29) is 0 Å². The van der Waals surface area contributed by atoms with E-state index in [0.717, 1.165) is 29.2 Å². The van der Waals surface area contributed by atoms with Gasteiger partial charge in [-0.05, 0) is 31.5 Å². The summed E-state index contributed by atoms with van der Waals surface area (Å²) in [6, 6.07) is 6.12. The maximum Gasteiger partial charge on any atom is 0.0448 e. The summed E-state index contributed by atoms with van der Waals surface area (Å²) in [6.07, 6.45) is 3.68. The minimum atomic E-state index is 0.506. The molecule has 2 heterocycles. The van der Waals surface area contributed by atoms with E-state index in [4.69, 9.17) is 5.73 Å². The molecule has 100 valence electrons. The van der Waals surface area contributed by atoms with Crippen molar-refractivity contribution in [2.24, 2.45) is 5.73 Å². The number of aryl methyl sites for hydroxylation is 2. The van der Waals surface area contributed by atoms with Crippen LogP contribution in [-0.2, 0) is 13.1 Å². The van der Waals surface area contributed by atoms with Crippen LogP contribution in [0.4, 0.5) is 5.69 Å². The third-order valence-electron chi connectivity index (χ3n) is 3.19. The normalized spacial score (nSPS) is 10.5. The molecule has 0 fully saturated rings. The fraction of sp³-hybridized carbons (Fsp3) is 0.333. The molecule has 0 aliphatic heterocycles. The molecule has 0 bridgehead atoms. The summed E-state index contributed by atoms with van der Waals surface area (Å²) in [5.74, 6) is 0. The second kappa shape index (κ2) is 5.80. The van der Waals surface area contributed by atoms with Crippen molar-refractivity contribution in [2.75, 3.05) is 11.9 Å². The molecule has 0 aromatic carbocycles. The van der Waals surface area contributed by atoms with E-state index in [1.807, 2.05) is 26.1 Å². The average molecular weight is 256 g/mol. The maximum atomic E-state index is 5.85. The number of hydrogen-bond donors (Lipinski definition) is 1. The van der Waals surface area contributed by atoms with Crippen LogP contribution in [0.1, 0.15) is 22.5 Å². The fourth-order valence-electron chi connectivity index (χ4n) is 2.28. The Morgan fingerprint density at radius 2 is 2.11 bits per heavy atom. The molecule has 0 saturated carbocycles. The van der Waals surface area contributed by atoms with Crippen LogP contribution in [0.2, 0.25) is 0 Å². The highest BCUT2D eigenvalue weighted by molar-refractivity contribution is 5.55. The van der Waals surface area contributed by atoms with Crippen molar-refractivity contribution in [3.8, 4) is 0 Å². The first kappa shape index (κ1) is 13.5. The van der Waals surface area contributed by atoms with Crippen molar-refractivity contribution in [1.82, 2.24) is 9.97 Å². The molecule has 4 heteroatoms. The Kier molecular flexibility index (Phi) is 4.12. The van der Waals surface area contributed by atoms with Crippen LogP contribution in [0, 0.1) is 13.8 Å². The predicted octanol–water partition coefficient (Wildman–Crippen LogP) is 2.19. The van der Waals surface area contributed by atoms with Crippen LogP contribution in [0.15, 0.2) is 30.6 Å². The first-order valence-corrected chi connectivity index (χ1v) is 6.39. The third-order valence-corrected chi connectivity index (χ3v) is 3.19. The predicted molar refractivity (Wildman–Crippen MR) is 77.9 cm³/mol. The summed E-state index contributed by atoms with van der Waals surface area (Å²) in [5.41, 5.74) is 11.3. The van der Waals surface area contributed by atoms with Crippen LogP contribution in [0.3, 0.4) is 0 Å². The lowest BCUT2D eigenvalue weighted by Crippen LogP contribution is -2.20. The molecule has 2 aromatic heterocycles. The number of anilines is 1. The largest absolute Gasteiger partial charge is 0.370 e. The van der Waals surface area contributed by atoms with Gasteiger partial charge in [0.15, 0.2) is 0 Å². The van der Waals surface area contributed by atoms with Gasteiger partial charge < -0.3 is 10.6 Å². The number of hydrogen-bond acceptors (Lipinski definition) is 4. The van der Waals surface area contributed by atoms with Gasteiger partial charge in [0.2, 0.25) is 0 Å². The number of aromatic nitrogens is 2. The zero-order valence-electron chi connectivity index (χ0n) is 11.7. The van der Waals surface area contributed by atoms with E-state index in [0.29, 0.717) is 6.54 Å². The molecule has 0 aliphatic carbocycles. The van der Waals surface area contributed by atoms with E-state index >= 15 is 0 Å². The van der Waals surface area contributed by atoms with Gasteiger partial charge in [-0.1, -0.05) is 6.07 Å². The molecule has 0 unspecified atom stereocenters. The second-order valence-corrected chi connectivity index (χ2v) is 4.77. The molecule has 0 aliphatic rings. The van der Waals surface area contributed by atoms with E-state index in [2.05, 4.69) is 34.0 Å². The van der Waals surface area contributed by atoms with E-state index in [1.54, 1.807) is 6.20 Å². The van der Waals surface area contributed by atoms with Crippen molar-refractivity contribution in [1.29, 1.82) is 0 Å². The number of pyridine rings is 2. The van der Waals surface area contributed by atoms with Crippen molar-refractivity contribution in [3.63, 3.8) is 0 Å². The van der Waals surface area contributed by atoms with Gasteiger partial charge in [-0.15, -0.1) is 0 Å². The van der Waals surface area contributed by atoms with Gasteiger partial charge >= 0.3 is 0 Å². The van der Waals surface area contributed by atoms with Gasteiger partial charge in [0.05, 0.1) is 0 Å². The Balaban J connectivity index is 2.30. The molecule has 19 heavy (non-hydrogen) atoms. The zero-order valence-corrected chi connectivity index (χ0v) is 11.7. The Hall–Kier alpha value is -1.94. The fourth-order valence-corrected chi connectivity index (χ4v) is 2.28. The Morgan fingerprint density at radius 1 is 1.32 bits per heavy atom. The monoisotopic (exact) mass is 256 g/mol. The first-order valence-electron chi connectivity index (χ1n) is 6.39. The van der Waals surface area contributed by atoms with Gasteiger partial charge in [-0.2, -0.15) is 0 Å². The molecular weight excluding hydrogens is 236 g/mol. The summed E-state index contributed by atoms with van der Waals surface area (Å²) < 4.78 is 0. The highest BCUT2D eigenvalue weighted by atomic mass is 15.1. The molecule has 0 amide bonds. The number of nitrogens with zero attached hydrogens (tertiary/aromatic N) is 3. The second-order valence-electron chi connectivity index (χ2n) is 4.77. The average Bonchev–Trinajstić information content (AvgIpc) is 2.39. The summed E-state index contributed by atoms with van der Waals surface area (Å²) in [4.78, 5) is 10.8. The quantitative estimate of drug-likeness (QED) is 0.911. The molecule has 0 spiro atoms. The summed E-state index contributed by atoms with van der Waals surface area (Å²) in [6.45, 7) is 5.33. The Bertz CT molecular complexity index is 552. The van der Waals surface area contributed by atoms with Crippen molar-refractivity contribution in [2.45, 2.75) is 26.9 Å². The minimum absolute atomic E-state index is 0.506. The van der Waals surface area contributed by atoms with E-state index in [1.165, 1.54) is 5.56 Å². The SMILES string of the molecule is Cc1cc(N(C)Cc2cccnc2)c(CN)c(C)n1. The summed E-state index contributed by atoms with van der Waals surface area (Å²) >= 11 is 0. The van der Waals surface area contributed by atoms with E-state index in [9.17, 15) is 0 Å². The Morgan fingerprint density at radius 3 is 2.74 bits per heavy atom. The summed E-state index contributed by atoms with van der Waals surface area (Å²) in [5, 5.41) is 0. The maximum absolute atomic E-state index is 5.85. The topological polar surface area (TPSA) is 55.0 Å². The number of nitrogens with two attached hydrogens (primary N) is 1. The lowest BCUT2D eigenvalue weighted by atomic mass is 10.1. The summed E-state index contributed by atoms with van der Waals surface area (Å²) in [7, 11) is 2.07. The standard InChI is InChI=1S/C15H20N4/c1-11-7-15(14(8-16)12(2)18-11)19(3)10-13-5-4-6-17-9-13/h4-7,9H,8,10,16H2,1-3H3. The first-order chi connectivity index (χ1) is 9.11. The molecule has 0 atom stereocenters. The molecule has 2 N–H and O–H groups in total. The molecule has 0 saturated heterocycles. The zero-order chi connectivity index (χ0) is 13.8. The van der Waals surface area contributed by atoms with Gasteiger partial charge in [0.1, 0.15) is 0 Å². The highest BCUT2D eigenvalue weighted by Gasteiger charge is 2.11. The van der Waals surface area contributed by atoms with Crippen LogP contribution in [-0.4, -0.2) is 17.0 Å². The van der Waals surface area contributed by atoms with E-state index < -0.39 is 0 Å². The van der Waals surface area contributed by atoms with Crippen LogP contribution in [0.5, 0.6) is 0 Å². The molecule has 4 nitrogen and oxygen atoms in total. The van der Waals surface area contributed by atoms with Crippen LogP contribution < -0.4 is 10.6 Å². The van der Waals surface area contributed by atoms with Gasteiger partial charge in [-0.3, -0.25) is 9.97 Å². The highest BCUT2D eigenvalue weighted by Crippen LogP contribution is 2.23. The lowest BCUT2D eigenvalue weighted by molar-refractivity contribution is 0.880. The molecular formula is C15H20N4. The van der Waals surface area contributed by atoms with Crippen LogP contribution in [0.25, 0.3) is 0 Å². The lowest BCUT2D eigenvalue weighted by Gasteiger charge is -2.23. The van der Waals surface area contributed by atoms with Crippen molar-refractivity contribution in [3.05, 3.63) is 53.1 Å². The third kappa shape index (κ3) is 3.09. The molecule has 0 radical (unpaired) electrons. The van der Waals surface area contributed by atoms with Gasteiger partial charge in [0, 0.05) is 55.2 Å². The minimum Gasteiger partial charge on any atom is -0.370 e. The van der Waals surface area contributed by atoms with Crippen LogP contribution >= 0.6 is 0 Å². The smallest absolute Gasteiger partial charge is 0.0448 e. The van der Waals surface area contributed by atoms with Crippen molar-refractivity contribution >= 4 is 5.69 Å².